The number of nitrogen functional groups attached to an aromatic ring is 1. The summed E-state index contributed by atoms with van der Waals surface area (Å²) < 4.78 is 0.938. The number of amides is 1. The second-order valence-corrected chi connectivity index (χ2v) is 6.41. The molecule has 0 fully saturated rings. The average molecular weight is 325 g/mol. The molecule has 0 saturated carbocycles. The first-order chi connectivity index (χ1) is 8.47. The summed E-state index contributed by atoms with van der Waals surface area (Å²) in [5, 5.41) is 4.69. The minimum absolute atomic E-state index is 0.122. The molecule has 1 aromatic carbocycles. The highest BCUT2D eigenvalue weighted by molar-refractivity contribution is 9.11. The lowest BCUT2D eigenvalue weighted by atomic mass is 10.1. The fourth-order valence-corrected chi connectivity index (χ4v) is 2.76. The van der Waals surface area contributed by atoms with Crippen LogP contribution in [-0.2, 0) is 0 Å². The highest BCUT2D eigenvalue weighted by atomic mass is 79.9. The van der Waals surface area contributed by atoms with E-state index in [1.807, 2.05) is 25.3 Å². The van der Waals surface area contributed by atoms with Crippen LogP contribution in [0.4, 0.5) is 11.4 Å². The maximum Gasteiger partial charge on any atom is 0.256 e. The van der Waals surface area contributed by atoms with Gasteiger partial charge in [-0.2, -0.15) is 0 Å². The van der Waals surface area contributed by atoms with Gasteiger partial charge < -0.3 is 11.1 Å². The van der Waals surface area contributed by atoms with Gasteiger partial charge in [-0.25, -0.2) is 0 Å². The lowest BCUT2D eigenvalue weighted by Gasteiger charge is -2.10. The Hall–Kier alpha value is -1.33. The van der Waals surface area contributed by atoms with Crippen LogP contribution in [0.2, 0.25) is 0 Å². The molecule has 1 aromatic heterocycles. The number of aryl methyl sites for hydroxylation is 2. The molecule has 94 valence electrons. The summed E-state index contributed by atoms with van der Waals surface area (Å²) in [5.41, 5.74) is 9.95. The van der Waals surface area contributed by atoms with E-state index in [9.17, 15) is 4.79 Å². The first kappa shape index (κ1) is 13.1. The van der Waals surface area contributed by atoms with Gasteiger partial charge in [0.2, 0.25) is 0 Å². The molecule has 0 saturated heterocycles. The third kappa shape index (κ3) is 2.73. The van der Waals surface area contributed by atoms with Crippen molar-refractivity contribution in [3.8, 4) is 0 Å². The third-order valence-electron chi connectivity index (χ3n) is 2.69. The van der Waals surface area contributed by atoms with Crippen LogP contribution in [0.5, 0.6) is 0 Å². The molecule has 0 bridgehead atoms. The van der Waals surface area contributed by atoms with Gasteiger partial charge in [0.05, 0.1) is 9.35 Å². The van der Waals surface area contributed by atoms with Crippen molar-refractivity contribution in [2.75, 3.05) is 11.1 Å². The van der Waals surface area contributed by atoms with Crippen LogP contribution in [-0.4, -0.2) is 5.91 Å². The largest absolute Gasteiger partial charge is 0.398 e. The Bertz CT molecular complexity index is 607. The number of benzene rings is 1. The maximum absolute atomic E-state index is 12.0. The predicted octanol–water partition coefficient (Wildman–Crippen LogP) is 3.96. The topological polar surface area (TPSA) is 55.1 Å². The summed E-state index contributed by atoms with van der Waals surface area (Å²) in [4.78, 5) is 12.0. The van der Waals surface area contributed by atoms with Gasteiger partial charge in [0.15, 0.2) is 0 Å². The van der Waals surface area contributed by atoms with Crippen molar-refractivity contribution in [2.45, 2.75) is 13.8 Å². The summed E-state index contributed by atoms with van der Waals surface area (Å²) in [6, 6.07) is 5.56. The Morgan fingerprint density at radius 2 is 2.00 bits per heavy atom. The lowest BCUT2D eigenvalue weighted by molar-refractivity contribution is 0.102. The zero-order chi connectivity index (χ0) is 13.3. The van der Waals surface area contributed by atoms with Crippen LogP contribution in [0.3, 0.4) is 0 Å². The molecule has 2 rings (SSSR count). The summed E-state index contributed by atoms with van der Waals surface area (Å²) in [6.45, 7) is 3.90. The number of thiophene rings is 1. The van der Waals surface area contributed by atoms with E-state index in [1.165, 1.54) is 11.3 Å². The molecule has 0 aliphatic carbocycles. The first-order valence-corrected chi connectivity index (χ1v) is 7.06. The van der Waals surface area contributed by atoms with Gasteiger partial charge in [0.25, 0.3) is 5.91 Å². The zero-order valence-corrected chi connectivity index (χ0v) is 12.5. The van der Waals surface area contributed by atoms with Crippen molar-refractivity contribution in [1.29, 1.82) is 0 Å². The fraction of sp³-hybridized carbons (Fsp3) is 0.154. The monoisotopic (exact) mass is 324 g/mol. The summed E-state index contributed by atoms with van der Waals surface area (Å²) in [6.07, 6.45) is 0. The van der Waals surface area contributed by atoms with Crippen molar-refractivity contribution in [3.63, 3.8) is 0 Å². The van der Waals surface area contributed by atoms with E-state index in [2.05, 4.69) is 21.2 Å². The SMILES string of the molecule is Cc1cc(C)c(NC(=O)c2csc(Br)c2)cc1N. The van der Waals surface area contributed by atoms with Gasteiger partial charge >= 0.3 is 0 Å². The minimum Gasteiger partial charge on any atom is -0.398 e. The molecule has 0 spiro atoms. The van der Waals surface area contributed by atoms with Crippen molar-refractivity contribution in [2.24, 2.45) is 0 Å². The van der Waals surface area contributed by atoms with Gasteiger partial charge in [-0.3, -0.25) is 4.79 Å². The van der Waals surface area contributed by atoms with Crippen LogP contribution in [0.1, 0.15) is 21.5 Å². The molecule has 1 amide bonds. The minimum atomic E-state index is -0.122. The second kappa shape index (κ2) is 5.12. The molecule has 0 atom stereocenters. The standard InChI is InChI=1S/C13H13BrN2OS/c1-7-3-8(2)11(5-10(7)15)16-13(17)9-4-12(14)18-6-9/h3-6H,15H2,1-2H3,(H,16,17). The molecule has 3 N–H and O–H groups in total. The zero-order valence-electron chi connectivity index (χ0n) is 10.1. The van der Waals surface area contributed by atoms with Crippen LogP contribution in [0, 0.1) is 13.8 Å². The molecule has 0 aliphatic heterocycles. The highest BCUT2D eigenvalue weighted by Crippen LogP contribution is 2.25. The number of hydrogen-bond acceptors (Lipinski definition) is 3. The normalized spacial score (nSPS) is 10.4. The highest BCUT2D eigenvalue weighted by Gasteiger charge is 2.10. The first-order valence-electron chi connectivity index (χ1n) is 5.39. The number of hydrogen-bond donors (Lipinski definition) is 2. The number of carbonyl (C=O) groups is 1. The maximum atomic E-state index is 12.0. The lowest BCUT2D eigenvalue weighted by Crippen LogP contribution is -2.12. The molecule has 5 heteroatoms. The Morgan fingerprint density at radius 1 is 1.28 bits per heavy atom. The van der Waals surface area contributed by atoms with Crippen LogP contribution < -0.4 is 11.1 Å². The Kier molecular flexibility index (Phi) is 3.73. The van der Waals surface area contributed by atoms with Gasteiger partial charge in [0.1, 0.15) is 0 Å². The number of anilines is 2. The number of rotatable bonds is 2. The smallest absolute Gasteiger partial charge is 0.256 e. The van der Waals surface area contributed by atoms with E-state index in [0.717, 1.165) is 20.6 Å². The molecule has 18 heavy (non-hydrogen) atoms. The van der Waals surface area contributed by atoms with E-state index in [4.69, 9.17) is 5.73 Å². The van der Waals surface area contributed by atoms with Gasteiger partial charge in [-0.05, 0) is 53.0 Å². The summed E-state index contributed by atoms with van der Waals surface area (Å²) >= 11 is 4.82. The van der Waals surface area contributed by atoms with Crippen molar-refractivity contribution in [3.05, 3.63) is 44.1 Å². The second-order valence-electron chi connectivity index (χ2n) is 4.12. The predicted molar refractivity (Wildman–Crippen MR) is 80.3 cm³/mol. The summed E-state index contributed by atoms with van der Waals surface area (Å²) in [5.74, 6) is -0.122. The molecule has 0 aliphatic rings. The van der Waals surface area contributed by atoms with Crippen molar-refractivity contribution < 1.29 is 4.79 Å². The molecule has 0 unspecified atom stereocenters. The van der Waals surface area contributed by atoms with E-state index >= 15 is 0 Å². The quantitative estimate of drug-likeness (QED) is 0.821. The molecule has 1 heterocycles. The number of carbonyl (C=O) groups excluding carboxylic acids is 1. The molecular weight excluding hydrogens is 312 g/mol. The van der Waals surface area contributed by atoms with Gasteiger partial charge in [-0.15, -0.1) is 11.3 Å². The molecule has 3 nitrogen and oxygen atoms in total. The Balaban J connectivity index is 2.24. The van der Waals surface area contributed by atoms with Crippen LogP contribution in [0.15, 0.2) is 27.4 Å². The van der Waals surface area contributed by atoms with Gasteiger partial charge in [-0.1, -0.05) is 6.07 Å². The van der Waals surface area contributed by atoms with E-state index in [-0.39, 0.29) is 5.91 Å². The van der Waals surface area contributed by atoms with Crippen LogP contribution in [0.25, 0.3) is 0 Å². The van der Waals surface area contributed by atoms with Crippen molar-refractivity contribution >= 4 is 44.5 Å². The third-order valence-corrected chi connectivity index (χ3v) is 4.20. The van der Waals surface area contributed by atoms with Crippen molar-refractivity contribution in [1.82, 2.24) is 0 Å². The van der Waals surface area contributed by atoms with E-state index < -0.39 is 0 Å². The molecular formula is C13H13BrN2OS. The molecule has 0 radical (unpaired) electrons. The molecule has 2 aromatic rings. The Labute approximate surface area is 118 Å². The summed E-state index contributed by atoms with van der Waals surface area (Å²) in [7, 11) is 0. The van der Waals surface area contributed by atoms with E-state index in [0.29, 0.717) is 11.3 Å². The average Bonchev–Trinajstić information content (AvgIpc) is 2.73. The van der Waals surface area contributed by atoms with Crippen LogP contribution >= 0.6 is 27.3 Å². The van der Waals surface area contributed by atoms with E-state index in [1.54, 1.807) is 12.1 Å². The number of halogens is 1. The fourth-order valence-electron chi connectivity index (χ4n) is 1.63. The number of nitrogens with two attached hydrogens (primary N) is 1. The van der Waals surface area contributed by atoms with Gasteiger partial charge in [0, 0.05) is 16.8 Å². The number of nitrogens with one attached hydrogen (secondary N) is 1. The Morgan fingerprint density at radius 3 is 2.61 bits per heavy atom.